The molecule has 6 atom stereocenters. The van der Waals surface area contributed by atoms with Gasteiger partial charge < -0.3 is 33.8 Å². The van der Waals surface area contributed by atoms with Crippen LogP contribution in [0.1, 0.15) is 408 Å². The van der Waals surface area contributed by atoms with Crippen LogP contribution in [0.3, 0.4) is 0 Å². The molecule has 19 heteroatoms. The van der Waals surface area contributed by atoms with Crippen LogP contribution in [0.2, 0.25) is 0 Å². The minimum atomic E-state index is -4.96. The number of ether oxygens (including phenoxy) is 4. The van der Waals surface area contributed by atoms with Gasteiger partial charge in [-0.25, -0.2) is 9.13 Å². The third kappa shape index (κ3) is 70.9. The highest BCUT2D eigenvalue weighted by Gasteiger charge is 2.30. The smallest absolute Gasteiger partial charge is 0.462 e. The van der Waals surface area contributed by atoms with Crippen molar-refractivity contribution in [3.63, 3.8) is 0 Å². The Morgan fingerprint density at radius 3 is 0.784 bits per heavy atom. The van der Waals surface area contributed by atoms with E-state index in [1.54, 1.807) is 0 Å². The van der Waals surface area contributed by atoms with E-state index in [1.807, 2.05) is 0 Å². The lowest BCUT2D eigenvalue weighted by Crippen LogP contribution is -2.30. The van der Waals surface area contributed by atoms with Crippen LogP contribution < -0.4 is 0 Å². The lowest BCUT2D eigenvalue weighted by atomic mass is 9.99. The average molecular weight is 1420 g/mol. The van der Waals surface area contributed by atoms with Gasteiger partial charge in [0.05, 0.1) is 26.4 Å². The van der Waals surface area contributed by atoms with Gasteiger partial charge in [0.2, 0.25) is 0 Å². The zero-order chi connectivity index (χ0) is 71.4. The number of aliphatic hydroxyl groups is 1. The zero-order valence-electron chi connectivity index (χ0n) is 63.4. The van der Waals surface area contributed by atoms with E-state index in [0.717, 1.165) is 102 Å². The fourth-order valence-electron chi connectivity index (χ4n) is 12.0. The van der Waals surface area contributed by atoms with Gasteiger partial charge in [-0.05, 0) is 37.5 Å². The first-order valence-electron chi connectivity index (χ1n) is 40.5. The van der Waals surface area contributed by atoms with Gasteiger partial charge in [0.1, 0.15) is 19.3 Å². The Morgan fingerprint density at radius 2 is 0.526 bits per heavy atom. The molecule has 0 aromatic heterocycles. The number of unbranched alkanes of at least 4 members (excludes halogenated alkanes) is 46. The summed E-state index contributed by atoms with van der Waals surface area (Å²) in [5.74, 6) is -0.530. The molecule has 0 saturated carbocycles. The van der Waals surface area contributed by atoms with Gasteiger partial charge in [-0.3, -0.25) is 37.3 Å². The summed E-state index contributed by atoms with van der Waals surface area (Å²) < 4.78 is 68.6. The van der Waals surface area contributed by atoms with E-state index in [1.165, 1.54) is 225 Å². The highest BCUT2D eigenvalue weighted by atomic mass is 31.2. The maximum atomic E-state index is 13.1. The molecule has 0 amide bonds. The summed E-state index contributed by atoms with van der Waals surface area (Å²) in [6.45, 7) is 9.64. The Kier molecular flexibility index (Phi) is 68.4. The third-order valence-corrected chi connectivity index (χ3v) is 20.5. The minimum absolute atomic E-state index is 0.106. The molecule has 0 aromatic carbocycles. The fraction of sp³-hybridized carbons (Fsp3) is 0.949. The summed E-state index contributed by atoms with van der Waals surface area (Å²) in [4.78, 5) is 72.9. The Balaban J connectivity index is 5.24. The predicted molar refractivity (Wildman–Crippen MR) is 395 cm³/mol. The monoisotopic (exact) mass is 1420 g/mol. The second-order valence-electron chi connectivity index (χ2n) is 28.8. The molecule has 97 heavy (non-hydrogen) atoms. The molecule has 0 aliphatic heterocycles. The van der Waals surface area contributed by atoms with Gasteiger partial charge in [0, 0.05) is 25.7 Å². The Morgan fingerprint density at radius 1 is 0.299 bits per heavy atom. The molecule has 0 saturated heterocycles. The van der Waals surface area contributed by atoms with E-state index in [2.05, 4.69) is 41.5 Å². The largest absolute Gasteiger partial charge is 0.472 e. The quantitative estimate of drug-likeness (QED) is 0.0222. The molecule has 0 bridgehead atoms. The number of rotatable bonds is 77. The van der Waals surface area contributed by atoms with E-state index in [-0.39, 0.29) is 25.7 Å². The first kappa shape index (κ1) is 95.1. The van der Waals surface area contributed by atoms with Gasteiger partial charge in [0.25, 0.3) is 0 Å². The van der Waals surface area contributed by atoms with Crippen molar-refractivity contribution in [2.75, 3.05) is 39.6 Å². The van der Waals surface area contributed by atoms with E-state index in [4.69, 9.17) is 37.0 Å². The number of phosphoric acid groups is 2. The molecule has 0 aliphatic carbocycles. The molecule has 0 heterocycles. The third-order valence-electron chi connectivity index (χ3n) is 18.6. The molecule has 0 aromatic rings. The van der Waals surface area contributed by atoms with Crippen LogP contribution in [0.25, 0.3) is 0 Å². The van der Waals surface area contributed by atoms with Crippen molar-refractivity contribution in [1.29, 1.82) is 0 Å². The second-order valence-corrected chi connectivity index (χ2v) is 31.7. The lowest BCUT2D eigenvalue weighted by Gasteiger charge is -2.21. The molecular formula is C78H152O17P2. The summed E-state index contributed by atoms with van der Waals surface area (Å²) in [6, 6.07) is 0. The number of carbonyl (C=O) groups is 4. The van der Waals surface area contributed by atoms with E-state index >= 15 is 0 Å². The van der Waals surface area contributed by atoms with Crippen LogP contribution in [0.15, 0.2) is 0 Å². The Hall–Kier alpha value is -1.94. The fourth-order valence-corrected chi connectivity index (χ4v) is 13.6. The van der Waals surface area contributed by atoms with Crippen molar-refractivity contribution in [3.05, 3.63) is 0 Å². The summed E-state index contributed by atoms with van der Waals surface area (Å²) >= 11 is 0. The van der Waals surface area contributed by atoms with E-state index in [0.29, 0.717) is 25.7 Å². The summed E-state index contributed by atoms with van der Waals surface area (Å²) in [5.41, 5.74) is 0. The number of carbonyl (C=O) groups excluding carboxylic acids is 4. The standard InChI is InChI=1S/C78H152O17P2/c1-7-10-12-14-16-18-20-21-22-23-24-28-31-37-43-49-55-61-76(81)89-67-73(94-77(82)62-56-50-44-38-32-29-26-25-27-30-35-41-47-53-59-71(6)9-3)68-92-96(84,85)90-64-72(79)65-91-97(86,87)93-69-74(66-88-75(80)60-54-48-42-36-19-17-15-13-11-8-2)95-78(83)63-57-51-45-39-33-34-40-46-52-58-70(4)5/h70-74,79H,7-69H2,1-6H3,(H,84,85)(H,86,87)/t71?,72-,73-,74-/m1/s1. The molecule has 0 fully saturated rings. The SMILES string of the molecule is CCCCCCCCCCCCCCCCCCCC(=O)OC[C@H](COP(=O)(O)OC[C@@H](O)COP(=O)(O)OC[C@@H](COC(=O)CCCCCCCCCCCC)OC(=O)CCCCCCCCCCCC(C)C)OC(=O)CCCCCCCCCCCCCCCCC(C)CC. The van der Waals surface area contributed by atoms with Crippen molar-refractivity contribution in [3.8, 4) is 0 Å². The normalized spacial score (nSPS) is 14.2. The van der Waals surface area contributed by atoms with E-state index in [9.17, 15) is 43.2 Å². The van der Waals surface area contributed by atoms with E-state index < -0.39 is 97.5 Å². The number of hydrogen-bond donors (Lipinski definition) is 3. The van der Waals surface area contributed by atoms with Gasteiger partial charge in [-0.2, -0.15) is 0 Å². The number of esters is 4. The lowest BCUT2D eigenvalue weighted by molar-refractivity contribution is -0.161. The van der Waals surface area contributed by atoms with Crippen LogP contribution in [0, 0.1) is 11.8 Å². The second kappa shape index (κ2) is 69.8. The molecule has 3 N–H and O–H groups in total. The molecular weight excluding hydrogens is 1270 g/mol. The number of phosphoric ester groups is 2. The van der Waals surface area contributed by atoms with Crippen molar-refractivity contribution < 1.29 is 80.2 Å². The summed E-state index contributed by atoms with van der Waals surface area (Å²) in [5, 5.41) is 10.6. The molecule has 17 nitrogen and oxygen atoms in total. The first-order chi connectivity index (χ1) is 46.9. The molecule has 576 valence electrons. The van der Waals surface area contributed by atoms with Crippen LogP contribution in [0.5, 0.6) is 0 Å². The maximum Gasteiger partial charge on any atom is 0.472 e. The first-order valence-corrected chi connectivity index (χ1v) is 43.5. The van der Waals surface area contributed by atoms with Crippen molar-refractivity contribution in [2.24, 2.45) is 11.8 Å². The van der Waals surface area contributed by atoms with Crippen LogP contribution in [-0.4, -0.2) is 96.7 Å². The topological polar surface area (TPSA) is 237 Å². The highest BCUT2D eigenvalue weighted by Crippen LogP contribution is 2.45. The number of hydrogen-bond acceptors (Lipinski definition) is 15. The Bertz CT molecular complexity index is 1870. The summed E-state index contributed by atoms with van der Waals surface area (Å²) in [6.07, 6.45) is 58.2. The van der Waals surface area contributed by atoms with Crippen LogP contribution in [0.4, 0.5) is 0 Å². The molecule has 0 aliphatic rings. The van der Waals surface area contributed by atoms with Crippen LogP contribution >= 0.6 is 15.6 Å². The maximum absolute atomic E-state index is 13.1. The Labute approximate surface area is 594 Å². The van der Waals surface area contributed by atoms with Gasteiger partial charge in [-0.15, -0.1) is 0 Å². The highest BCUT2D eigenvalue weighted by molar-refractivity contribution is 7.47. The van der Waals surface area contributed by atoms with Crippen LogP contribution in [-0.2, 0) is 65.4 Å². The summed E-state index contributed by atoms with van der Waals surface area (Å²) in [7, 11) is -9.91. The van der Waals surface area contributed by atoms with Crippen molar-refractivity contribution >= 4 is 39.5 Å². The average Bonchev–Trinajstić information content (AvgIpc) is 1.09. The minimum Gasteiger partial charge on any atom is -0.462 e. The van der Waals surface area contributed by atoms with Gasteiger partial charge >= 0.3 is 39.5 Å². The number of aliphatic hydroxyl groups excluding tert-OH is 1. The molecule has 0 radical (unpaired) electrons. The molecule has 0 rings (SSSR count). The van der Waals surface area contributed by atoms with Gasteiger partial charge in [0.15, 0.2) is 12.2 Å². The predicted octanol–water partition coefficient (Wildman–Crippen LogP) is 23.1. The van der Waals surface area contributed by atoms with Gasteiger partial charge in [-0.1, -0.05) is 356 Å². The molecule has 3 unspecified atom stereocenters. The zero-order valence-corrected chi connectivity index (χ0v) is 65.2. The molecule has 0 spiro atoms. The van der Waals surface area contributed by atoms with Crippen molar-refractivity contribution in [2.45, 2.75) is 426 Å². The van der Waals surface area contributed by atoms with Crippen molar-refractivity contribution in [1.82, 2.24) is 0 Å².